The van der Waals surface area contributed by atoms with Crippen molar-refractivity contribution in [2.45, 2.75) is 60.5 Å². The Hall–Kier alpha value is -0.790. The fourth-order valence-corrected chi connectivity index (χ4v) is 2.42. The molecule has 0 aromatic rings. The molecule has 0 rings (SSSR count). The van der Waals surface area contributed by atoms with Crippen LogP contribution in [0.1, 0.15) is 48.5 Å². The number of nitrogens with zero attached hydrogens (tertiary/aromatic N) is 1. The van der Waals surface area contributed by atoms with Gasteiger partial charge in [-0.15, -0.1) is 0 Å². The van der Waals surface area contributed by atoms with Gasteiger partial charge in [0.25, 0.3) is 0 Å². The summed E-state index contributed by atoms with van der Waals surface area (Å²) < 4.78 is 1.81. The quantitative estimate of drug-likeness (QED) is 0.395. The fourth-order valence-electron chi connectivity index (χ4n) is 2.32. The van der Waals surface area contributed by atoms with Crippen molar-refractivity contribution in [1.82, 2.24) is 20.3 Å². The lowest BCUT2D eigenvalue weighted by molar-refractivity contribution is -0.121. The van der Waals surface area contributed by atoms with Gasteiger partial charge in [0.2, 0.25) is 0 Å². The highest BCUT2D eigenvalue weighted by Crippen LogP contribution is 2.21. The van der Waals surface area contributed by atoms with Crippen LogP contribution >= 0.6 is 12.8 Å². The van der Waals surface area contributed by atoms with Gasteiger partial charge in [-0.1, -0.05) is 54.4 Å². The van der Waals surface area contributed by atoms with Gasteiger partial charge in [-0.25, -0.2) is 4.79 Å². The van der Waals surface area contributed by atoms with Crippen LogP contribution in [0.15, 0.2) is 0 Å². The summed E-state index contributed by atoms with van der Waals surface area (Å²) in [4.78, 5) is 24.2. The van der Waals surface area contributed by atoms with Gasteiger partial charge in [0.1, 0.15) is 0 Å². The van der Waals surface area contributed by atoms with E-state index in [0.717, 1.165) is 13.1 Å². The summed E-state index contributed by atoms with van der Waals surface area (Å²) in [5, 5.41) is 9.16. The van der Waals surface area contributed by atoms with E-state index in [0.29, 0.717) is 6.54 Å². The summed E-state index contributed by atoms with van der Waals surface area (Å²) in [6.07, 6.45) is 0. The van der Waals surface area contributed by atoms with Gasteiger partial charge in [0.05, 0.1) is 6.04 Å². The van der Waals surface area contributed by atoms with E-state index in [1.165, 1.54) is 6.92 Å². The summed E-state index contributed by atoms with van der Waals surface area (Å²) in [7, 11) is 1.89. The van der Waals surface area contributed by atoms with E-state index in [-0.39, 0.29) is 28.7 Å². The molecule has 2 unspecified atom stereocenters. The van der Waals surface area contributed by atoms with Crippen LogP contribution in [0.4, 0.5) is 4.79 Å². The molecule has 0 saturated heterocycles. The highest BCUT2D eigenvalue weighted by Gasteiger charge is 2.32. The highest BCUT2D eigenvalue weighted by molar-refractivity contribution is 7.77. The van der Waals surface area contributed by atoms with Crippen LogP contribution in [-0.4, -0.2) is 54.9 Å². The second-order valence-corrected chi connectivity index (χ2v) is 9.21. The Labute approximate surface area is 153 Å². The molecule has 142 valence electrons. The number of urea groups is 1. The molecule has 0 spiro atoms. The lowest BCUT2D eigenvalue weighted by Crippen LogP contribution is -2.57. The molecule has 0 radical (unpaired) electrons. The van der Waals surface area contributed by atoms with E-state index in [1.807, 2.05) is 27.8 Å². The molecule has 0 aliphatic carbocycles. The third-order valence-electron chi connectivity index (χ3n) is 3.86. The van der Waals surface area contributed by atoms with Crippen molar-refractivity contribution in [3.05, 3.63) is 0 Å². The number of rotatable bonds is 8. The van der Waals surface area contributed by atoms with Gasteiger partial charge < -0.3 is 16.0 Å². The molecule has 3 N–H and O–H groups in total. The molecule has 0 heterocycles. The van der Waals surface area contributed by atoms with E-state index in [1.54, 1.807) is 4.31 Å². The van der Waals surface area contributed by atoms with Crippen molar-refractivity contribution in [3.8, 4) is 0 Å². The molecular formula is C17H36N4O2S. The number of nitrogens with one attached hydrogen (secondary N) is 3. The molecule has 0 aromatic heterocycles. The van der Waals surface area contributed by atoms with Gasteiger partial charge in [0.15, 0.2) is 5.78 Å². The predicted octanol–water partition coefficient (Wildman–Crippen LogP) is 2.07. The Morgan fingerprint density at radius 3 is 1.96 bits per heavy atom. The molecule has 6 nitrogen and oxygen atoms in total. The summed E-state index contributed by atoms with van der Waals surface area (Å²) in [6.45, 7) is 15.8. The van der Waals surface area contributed by atoms with Crippen LogP contribution in [-0.2, 0) is 4.79 Å². The van der Waals surface area contributed by atoms with Gasteiger partial charge in [-0.05, 0) is 24.8 Å². The van der Waals surface area contributed by atoms with Gasteiger partial charge in [-0.2, -0.15) is 0 Å². The summed E-state index contributed by atoms with van der Waals surface area (Å²) >= 11 is 4.20. The van der Waals surface area contributed by atoms with E-state index >= 15 is 0 Å². The van der Waals surface area contributed by atoms with Crippen molar-refractivity contribution in [2.75, 3.05) is 26.7 Å². The summed E-state index contributed by atoms with van der Waals surface area (Å²) in [5.41, 5.74) is -0.430. The maximum absolute atomic E-state index is 12.4. The first-order chi connectivity index (χ1) is 10.7. The van der Waals surface area contributed by atoms with Crippen molar-refractivity contribution in [1.29, 1.82) is 0 Å². The molecule has 0 fully saturated rings. The molecule has 0 aliphatic rings. The molecule has 2 atom stereocenters. The van der Waals surface area contributed by atoms with E-state index in [2.05, 4.69) is 49.5 Å². The third-order valence-corrected chi connectivity index (χ3v) is 4.06. The topological polar surface area (TPSA) is 73.5 Å². The molecular weight excluding hydrogens is 324 g/mol. The minimum Gasteiger partial charge on any atom is -0.334 e. The lowest BCUT2D eigenvalue weighted by Gasteiger charge is -2.34. The van der Waals surface area contributed by atoms with Gasteiger partial charge in [0, 0.05) is 25.7 Å². The normalized spacial score (nSPS) is 15.1. The zero-order valence-electron chi connectivity index (χ0n) is 16.5. The van der Waals surface area contributed by atoms with Crippen molar-refractivity contribution in [2.24, 2.45) is 10.8 Å². The molecule has 2 amide bonds. The zero-order valence-corrected chi connectivity index (χ0v) is 17.4. The number of amides is 2. The van der Waals surface area contributed by atoms with E-state index < -0.39 is 6.04 Å². The average molecular weight is 361 g/mol. The van der Waals surface area contributed by atoms with Crippen LogP contribution in [0.2, 0.25) is 0 Å². The van der Waals surface area contributed by atoms with Crippen molar-refractivity contribution < 1.29 is 9.59 Å². The smallest absolute Gasteiger partial charge is 0.315 e. The number of carbonyl (C=O) groups is 2. The fraction of sp³-hybridized carbons (Fsp3) is 0.882. The van der Waals surface area contributed by atoms with Crippen molar-refractivity contribution in [3.63, 3.8) is 0 Å². The Kier molecular flexibility index (Phi) is 9.31. The predicted molar refractivity (Wildman–Crippen MR) is 103 cm³/mol. The Morgan fingerprint density at radius 2 is 1.58 bits per heavy atom. The Morgan fingerprint density at radius 1 is 1.04 bits per heavy atom. The second-order valence-electron chi connectivity index (χ2n) is 8.53. The summed E-state index contributed by atoms with van der Waals surface area (Å²) in [6, 6.07) is -0.877. The SMILES string of the molecule is CC(=O)C(NC(=O)NC(CNCCN(C)S)C(C)(C)C)C(C)(C)C. The average Bonchev–Trinajstić information content (AvgIpc) is 2.36. The van der Waals surface area contributed by atoms with Gasteiger partial charge >= 0.3 is 6.03 Å². The molecule has 0 aliphatic heterocycles. The van der Waals surface area contributed by atoms with Crippen molar-refractivity contribution >= 4 is 24.6 Å². The van der Waals surface area contributed by atoms with E-state index in [4.69, 9.17) is 0 Å². The minimum absolute atomic E-state index is 0.0418. The first-order valence-corrected chi connectivity index (χ1v) is 8.83. The van der Waals surface area contributed by atoms with Crippen LogP contribution < -0.4 is 16.0 Å². The lowest BCUT2D eigenvalue weighted by atomic mass is 9.84. The molecule has 24 heavy (non-hydrogen) atoms. The first-order valence-electron chi connectivity index (χ1n) is 8.43. The first kappa shape index (κ1) is 23.2. The third kappa shape index (κ3) is 9.49. The zero-order chi connectivity index (χ0) is 19.1. The number of thiol groups is 1. The number of carbonyl (C=O) groups excluding carboxylic acids is 2. The highest BCUT2D eigenvalue weighted by atomic mass is 32.1. The maximum atomic E-state index is 12.4. The number of ketones is 1. The number of likely N-dealkylation sites (N-methyl/N-ethyl adjacent to an activating group) is 1. The number of hydrogen-bond donors (Lipinski definition) is 4. The van der Waals surface area contributed by atoms with E-state index in [9.17, 15) is 9.59 Å². The molecule has 7 heteroatoms. The van der Waals surface area contributed by atoms with Crippen LogP contribution in [0, 0.1) is 10.8 Å². The molecule has 0 bridgehead atoms. The Bertz CT molecular complexity index is 414. The number of hydrogen-bond acceptors (Lipinski definition) is 5. The monoisotopic (exact) mass is 360 g/mol. The Balaban J connectivity index is 4.73. The van der Waals surface area contributed by atoms with Crippen LogP contribution in [0.3, 0.4) is 0 Å². The summed E-state index contributed by atoms with van der Waals surface area (Å²) in [5.74, 6) is -0.0418. The largest absolute Gasteiger partial charge is 0.334 e. The standard InChI is InChI=1S/C17H36N4O2S/c1-12(22)14(17(5,6)7)20-15(23)19-13(16(2,3)4)11-18-9-10-21(8)24/h13-14,18,24H,9-11H2,1-8H3,(H2,19,20,23). The minimum atomic E-state index is -0.510. The molecule has 0 saturated carbocycles. The maximum Gasteiger partial charge on any atom is 0.315 e. The number of Topliss-reactive ketones (excluding diaryl/α,β-unsaturated/α-hetero) is 1. The van der Waals surface area contributed by atoms with Gasteiger partial charge in [-0.3, -0.25) is 9.10 Å². The van der Waals surface area contributed by atoms with Crippen LogP contribution in [0.25, 0.3) is 0 Å². The molecule has 0 aromatic carbocycles. The second kappa shape index (κ2) is 9.63. The van der Waals surface area contributed by atoms with Crippen LogP contribution in [0.5, 0.6) is 0 Å².